The predicted octanol–water partition coefficient (Wildman–Crippen LogP) is 1.87. The fourth-order valence-corrected chi connectivity index (χ4v) is 5.00. The number of likely N-dealkylation sites (tertiary alicyclic amines) is 1. The average Bonchev–Trinajstić information content (AvgIpc) is 3.29. The average molecular weight is 439 g/mol. The second-order valence-electron chi connectivity index (χ2n) is 8.91. The number of benzene rings is 1. The van der Waals surface area contributed by atoms with E-state index < -0.39 is 5.79 Å². The molecule has 8 nitrogen and oxygen atoms in total. The molecule has 3 aliphatic rings. The molecule has 1 atom stereocenters. The van der Waals surface area contributed by atoms with Gasteiger partial charge in [0.2, 0.25) is 5.91 Å². The van der Waals surface area contributed by atoms with Crippen molar-refractivity contribution >= 4 is 11.6 Å². The van der Waals surface area contributed by atoms with E-state index in [9.17, 15) is 9.59 Å². The molecule has 0 aliphatic carbocycles. The fraction of sp³-hybridized carbons (Fsp3) is 0.542. The number of rotatable bonds is 4. The van der Waals surface area contributed by atoms with Crippen molar-refractivity contribution in [1.82, 2.24) is 14.7 Å². The van der Waals surface area contributed by atoms with E-state index in [0.717, 1.165) is 43.5 Å². The van der Waals surface area contributed by atoms with Gasteiger partial charge in [0, 0.05) is 45.1 Å². The van der Waals surface area contributed by atoms with Crippen LogP contribution >= 0.6 is 0 Å². The maximum Gasteiger partial charge on any atom is 0.269 e. The fourth-order valence-electron chi connectivity index (χ4n) is 5.00. The van der Waals surface area contributed by atoms with E-state index in [1.165, 1.54) is 4.68 Å². The van der Waals surface area contributed by atoms with Gasteiger partial charge in [-0.15, -0.1) is 0 Å². The Kier molecular flexibility index (Phi) is 5.97. The molecule has 3 saturated heterocycles. The Labute approximate surface area is 187 Å². The molecule has 4 heterocycles. The Balaban J connectivity index is 1.21. The molecular formula is C24H30N4O4. The molecule has 0 saturated carbocycles. The van der Waals surface area contributed by atoms with Crippen molar-refractivity contribution in [2.45, 2.75) is 38.0 Å². The SMILES string of the molecule is O=C([C@@H]1CCCN(c2cnn(Cc3ccccc3)c(=O)c2)C1)N1CCC2(CC1)OCCO2. The summed E-state index contributed by atoms with van der Waals surface area (Å²) in [6, 6.07) is 11.5. The summed E-state index contributed by atoms with van der Waals surface area (Å²) in [6.07, 6.45) is 5.02. The molecular weight excluding hydrogens is 408 g/mol. The first-order valence-corrected chi connectivity index (χ1v) is 11.5. The Morgan fingerprint density at radius 1 is 1.09 bits per heavy atom. The van der Waals surface area contributed by atoms with Crippen LogP contribution in [-0.2, 0) is 20.8 Å². The first-order chi connectivity index (χ1) is 15.6. The van der Waals surface area contributed by atoms with Gasteiger partial charge in [-0.25, -0.2) is 4.68 Å². The zero-order valence-corrected chi connectivity index (χ0v) is 18.3. The third-order valence-electron chi connectivity index (χ3n) is 6.82. The highest BCUT2D eigenvalue weighted by Crippen LogP contribution is 2.32. The minimum Gasteiger partial charge on any atom is -0.369 e. The van der Waals surface area contributed by atoms with Crippen molar-refractivity contribution in [2.24, 2.45) is 5.92 Å². The van der Waals surface area contributed by atoms with Gasteiger partial charge in [0.05, 0.1) is 37.6 Å². The summed E-state index contributed by atoms with van der Waals surface area (Å²) in [5.41, 5.74) is 1.70. The van der Waals surface area contributed by atoms with E-state index in [1.54, 1.807) is 12.3 Å². The van der Waals surface area contributed by atoms with Crippen molar-refractivity contribution in [2.75, 3.05) is 44.3 Å². The molecule has 3 aliphatic heterocycles. The number of ether oxygens (including phenoxy) is 2. The molecule has 3 fully saturated rings. The van der Waals surface area contributed by atoms with Gasteiger partial charge in [0.15, 0.2) is 5.79 Å². The highest BCUT2D eigenvalue weighted by atomic mass is 16.7. The van der Waals surface area contributed by atoms with Crippen LogP contribution < -0.4 is 10.5 Å². The summed E-state index contributed by atoms with van der Waals surface area (Å²) >= 11 is 0. The van der Waals surface area contributed by atoms with Crippen molar-refractivity contribution in [3.05, 3.63) is 58.5 Å². The predicted molar refractivity (Wildman–Crippen MR) is 119 cm³/mol. The van der Waals surface area contributed by atoms with Gasteiger partial charge in [-0.05, 0) is 18.4 Å². The molecule has 1 amide bonds. The standard InChI is InChI=1S/C24H30N4O4/c29-22-15-21(16-25-28(22)17-19-5-2-1-3-6-19)27-10-4-7-20(18-27)23(30)26-11-8-24(9-12-26)31-13-14-32-24/h1-3,5-6,15-16,20H,4,7-14,17-18H2/t20-/m1/s1. The summed E-state index contributed by atoms with van der Waals surface area (Å²) in [7, 11) is 0. The molecule has 0 bridgehead atoms. The second kappa shape index (κ2) is 9.03. The van der Waals surface area contributed by atoms with E-state index in [-0.39, 0.29) is 17.4 Å². The Hall–Kier alpha value is -2.71. The van der Waals surface area contributed by atoms with Crippen LogP contribution in [-0.4, -0.2) is 65.8 Å². The summed E-state index contributed by atoms with van der Waals surface area (Å²) in [6.45, 7) is 4.53. The summed E-state index contributed by atoms with van der Waals surface area (Å²) < 4.78 is 13.0. The smallest absolute Gasteiger partial charge is 0.269 e. The molecule has 2 aromatic rings. The lowest BCUT2D eigenvalue weighted by Gasteiger charge is -2.40. The Morgan fingerprint density at radius 3 is 2.56 bits per heavy atom. The Morgan fingerprint density at radius 2 is 1.84 bits per heavy atom. The van der Waals surface area contributed by atoms with Crippen LogP contribution in [0.2, 0.25) is 0 Å². The van der Waals surface area contributed by atoms with Crippen LogP contribution in [0.1, 0.15) is 31.2 Å². The van der Waals surface area contributed by atoms with Gasteiger partial charge in [0.1, 0.15) is 0 Å². The van der Waals surface area contributed by atoms with Crippen LogP contribution in [0.15, 0.2) is 47.4 Å². The largest absolute Gasteiger partial charge is 0.369 e. The third-order valence-corrected chi connectivity index (χ3v) is 6.82. The van der Waals surface area contributed by atoms with E-state index >= 15 is 0 Å². The van der Waals surface area contributed by atoms with Crippen molar-refractivity contribution in [3.8, 4) is 0 Å². The highest BCUT2D eigenvalue weighted by Gasteiger charge is 2.42. The van der Waals surface area contributed by atoms with Gasteiger partial charge in [-0.2, -0.15) is 5.10 Å². The van der Waals surface area contributed by atoms with Crippen LogP contribution in [0, 0.1) is 5.92 Å². The lowest BCUT2D eigenvalue weighted by molar-refractivity contribution is -0.188. The molecule has 0 radical (unpaired) electrons. The van der Waals surface area contributed by atoms with Crippen molar-refractivity contribution in [3.63, 3.8) is 0 Å². The number of anilines is 1. The molecule has 1 aromatic heterocycles. The number of nitrogens with zero attached hydrogens (tertiary/aromatic N) is 4. The van der Waals surface area contributed by atoms with Crippen LogP contribution in [0.4, 0.5) is 5.69 Å². The molecule has 170 valence electrons. The molecule has 0 unspecified atom stereocenters. The monoisotopic (exact) mass is 438 g/mol. The quantitative estimate of drug-likeness (QED) is 0.726. The number of piperidine rings is 2. The summed E-state index contributed by atoms with van der Waals surface area (Å²) in [5, 5.41) is 4.39. The van der Waals surface area contributed by atoms with E-state index in [1.807, 2.05) is 35.2 Å². The number of hydrogen-bond donors (Lipinski definition) is 0. The number of amides is 1. The normalized spacial score (nSPS) is 22.9. The molecule has 8 heteroatoms. The van der Waals surface area contributed by atoms with Crippen LogP contribution in [0.25, 0.3) is 0 Å². The van der Waals surface area contributed by atoms with E-state index in [2.05, 4.69) is 10.00 Å². The zero-order chi connectivity index (χ0) is 22.0. The zero-order valence-electron chi connectivity index (χ0n) is 18.3. The van der Waals surface area contributed by atoms with Gasteiger partial charge in [-0.1, -0.05) is 30.3 Å². The van der Waals surface area contributed by atoms with E-state index in [0.29, 0.717) is 39.4 Å². The van der Waals surface area contributed by atoms with Crippen LogP contribution in [0.5, 0.6) is 0 Å². The molecule has 1 spiro atoms. The lowest BCUT2D eigenvalue weighted by Crippen LogP contribution is -2.51. The minimum absolute atomic E-state index is 0.0602. The van der Waals surface area contributed by atoms with Gasteiger partial charge in [-0.3, -0.25) is 9.59 Å². The van der Waals surface area contributed by atoms with Crippen LogP contribution in [0.3, 0.4) is 0 Å². The first-order valence-electron chi connectivity index (χ1n) is 11.5. The maximum atomic E-state index is 13.2. The maximum absolute atomic E-state index is 13.2. The molecule has 32 heavy (non-hydrogen) atoms. The Bertz CT molecular complexity index is 993. The van der Waals surface area contributed by atoms with E-state index in [4.69, 9.17) is 9.47 Å². The third kappa shape index (κ3) is 4.42. The summed E-state index contributed by atoms with van der Waals surface area (Å²) in [5.74, 6) is -0.326. The van der Waals surface area contributed by atoms with Gasteiger partial charge in [0.25, 0.3) is 5.56 Å². The number of carbonyl (C=O) groups excluding carboxylic acids is 1. The molecule has 5 rings (SSSR count). The topological polar surface area (TPSA) is 76.9 Å². The summed E-state index contributed by atoms with van der Waals surface area (Å²) in [4.78, 5) is 29.9. The molecule has 0 N–H and O–H groups in total. The second-order valence-corrected chi connectivity index (χ2v) is 8.91. The number of aromatic nitrogens is 2. The number of carbonyl (C=O) groups is 1. The van der Waals surface area contributed by atoms with Gasteiger partial charge >= 0.3 is 0 Å². The molecule has 1 aromatic carbocycles. The highest BCUT2D eigenvalue weighted by molar-refractivity contribution is 5.80. The number of hydrogen-bond acceptors (Lipinski definition) is 6. The minimum atomic E-state index is -0.468. The van der Waals surface area contributed by atoms with Crippen molar-refractivity contribution < 1.29 is 14.3 Å². The van der Waals surface area contributed by atoms with Crippen molar-refractivity contribution in [1.29, 1.82) is 0 Å². The van der Waals surface area contributed by atoms with Gasteiger partial charge < -0.3 is 19.3 Å². The lowest BCUT2D eigenvalue weighted by atomic mass is 9.94. The first kappa shape index (κ1) is 21.2.